The molecule has 0 fully saturated rings. The Hall–Kier alpha value is -1.42. The molecule has 1 unspecified atom stereocenters. The third kappa shape index (κ3) is 4.56. The second kappa shape index (κ2) is 6.14. The number of aliphatic hydroxyl groups excluding tert-OH is 1. The van der Waals surface area contributed by atoms with Crippen LogP contribution in [0.3, 0.4) is 0 Å². The van der Waals surface area contributed by atoms with Gasteiger partial charge in [0.1, 0.15) is 5.69 Å². The van der Waals surface area contributed by atoms with Gasteiger partial charge in [0.2, 0.25) is 0 Å². The van der Waals surface area contributed by atoms with Gasteiger partial charge in [0, 0.05) is 12.7 Å². The molecule has 0 aromatic carbocycles. The van der Waals surface area contributed by atoms with Gasteiger partial charge < -0.3 is 10.4 Å². The van der Waals surface area contributed by atoms with Crippen LogP contribution in [0.5, 0.6) is 0 Å². The average Bonchev–Trinajstić information content (AvgIpc) is 2.25. The Bertz CT molecular complexity index is 299. The zero-order valence-electron chi connectivity index (χ0n) is 8.81. The molecular weight excluding hydrogens is 192 g/mol. The number of pyridine rings is 1. The van der Waals surface area contributed by atoms with Gasteiger partial charge in [0.25, 0.3) is 5.91 Å². The number of carbonyl (C=O) groups is 1. The Morgan fingerprint density at radius 2 is 2.40 bits per heavy atom. The molecule has 0 radical (unpaired) electrons. The van der Waals surface area contributed by atoms with Crippen molar-refractivity contribution in [2.24, 2.45) is 0 Å². The van der Waals surface area contributed by atoms with Gasteiger partial charge >= 0.3 is 0 Å². The van der Waals surface area contributed by atoms with Crippen LogP contribution in [-0.4, -0.2) is 28.6 Å². The standard InChI is InChI=1S/C11H16N2O2/c1-9(14)5-4-8-13-11(15)10-6-2-3-7-12-10/h2-3,6-7,9,14H,4-5,8H2,1H3,(H,13,15). The number of hydrogen-bond acceptors (Lipinski definition) is 3. The Kier molecular flexibility index (Phi) is 4.77. The molecule has 0 bridgehead atoms. The number of aliphatic hydroxyl groups is 1. The smallest absolute Gasteiger partial charge is 0.269 e. The maximum absolute atomic E-state index is 11.5. The first kappa shape index (κ1) is 11.7. The first-order valence-corrected chi connectivity index (χ1v) is 5.07. The number of nitrogens with zero attached hydrogens (tertiary/aromatic N) is 1. The number of nitrogens with one attached hydrogen (secondary N) is 1. The van der Waals surface area contributed by atoms with Crippen LogP contribution in [0, 0.1) is 0 Å². The molecule has 0 saturated carbocycles. The number of carbonyl (C=O) groups excluding carboxylic acids is 1. The van der Waals surface area contributed by atoms with Crippen molar-refractivity contribution in [2.75, 3.05) is 6.54 Å². The second-order valence-electron chi connectivity index (χ2n) is 3.46. The molecule has 1 atom stereocenters. The lowest BCUT2D eigenvalue weighted by molar-refractivity contribution is 0.0944. The Morgan fingerprint density at radius 1 is 1.60 bits per heavy atom. The molecule has 0 saturated heterocycles. The van der Waals surface area contributed by atoms with Crippen LogP contribution >= 0.6 is 0 Å². The molecule has 1 aromatic rings. The zero-order valence-corrected chi connectivity index (χ0v) is 8.81. The van der Waals surface area contributed by atoms with Gasteiger partial charge in [0.15, 0.2) is 0 Å². The van der Waals surface area contributed by atoms with E-state index in [9.17, 15) is 4.79 Å². The number of rotatable bonds is 5. The fraction of sp³-hybridized carbons (Fsp3) is 0.455. The van der Waals surface area contributed by atoms with Gasteiger partial charge in [-0.15, -0.1) is 0 Å². The Morgan fingerprint density at radius 3 is 3.00 bits per heavy atom. The van der Waals surface area contributed by atoms with E-state index in [1.165, 1.54) is 0 Å². The van der Waals surface area contributed by atoms with Crippen LogP contribution in [0.2, 0.25) is 0 Å². The van der Waals surface area contributed by atoms with Crippen molar-refractivity contribution in [3.05, 3.63) is 30.1 Å². The molecule has 1 aromatic heterocycles. The average molecular weight is 208 g/mol. The largest absolute Gasteiger partial charge is 0.393 e. The fourth-order valence-electron chi connectivity index (χ4n) is 1.19. The molecule has 1 rings (SSSR count). The number of amides is 1. The minimum Gasteiger partial charge on any atom is -0.393 e. The van der Waals surface area contributed by atoms with Crippen molar-refractivity contribution in [1.82, 2.24) is 10.3 Å². The van der Waals surface area contributed by atoms with Gasteiger partial charge in [-0.3, -0.25) is 9.78 Å². The van der Waals surface area contributed by atoms with Crippen LogP contribution in [0.4, 0.5) is 0 Å². The minimum absolute atomic E-state index is 0.166. The third-order valence-corrected chi connectivity index (χ3v) is 1.98. The van der Waals surface area contributed by atoms with E-state index in [0.717, 1.165) is 6.42 Å². The molecule has 0 aliphatic rings. The predicted octanol–water partition coefficient (Wildman–Crippen LogP) is 0.972. The maximum atomic E-state index is 11.5. The highest BCUT2D eigenvalue weighted by Gasteiger charge is 2.04. The first-order chi connectivity index (χ1) is 7.20. The molecule has 0 aliphatic heterocycles. The van der Waals surface area contributed by atoms with Gasteiger partial charge in [-0.25, -0.2) is 0 Å². The normalized spacial score (nSPS) is 12.1. The van der Waals surface area contributed by atoms with Gasteiger partial charge in [-0.05, 0) is 31.9 Å². The molecule has 4 heteroatoms. The summed E-state index contributed by atoms with van der Waals surface area (Å²) in [7, 11) is 0. The molecule has 1 heterocycles. The van der Waals surface area contributed by atoms with Gasteiger partial charge in [0.05, 0.1) is 6.10 Å². The van der Waals surface area contributed by atoms with Crippen molar-refractivity contribution in [1.29, 1.82) is 0 Å². The predicted molar refractivity (Wildman–Crippen MR) is 57.5 cm³/mol. The molecule has 0 aliphatic carbocycles. The summed E-state index contributed by atoms with van der Waals surface area (Å²) in [5.41, 5.74) is 0.426. The topological polar surface area (TPSA) is 62.2 Å². The van der Waals surface area contributed by atoms with E-state index in [-0.39, 0.29) is 12.0 Å². The lowest BCUT2D eigenvalue weighted by atomic mass is 10.2. The lowest BCUT2D eigenvalue weighted by Gasteiger charge is -2.05. The summed E-state index contributed by atoms with van der Waals surface area (Å²) < 4.78 is 0. The summed E-state index contributed by atoms with van der Waals surface area (Å²) in [6.45, 7) is 2.31. The van der Waals surface area contributed by atoms with Crippen molar-refractivity contribution in [3.8, 4) is 0 Å². The van der Waals surface area contributed by atoms with E-state index in [4.69, 9.17) is 5.11 Å². The summed E-state index contributed by atoms with van der Waals surface area (Å²) in [5.74, 6) is -0.166. The lowest BCUT2D eigenvalue weighted by Crippen LogP contribution is -2.25. The molecule has 15 heavy (non-hydrogen) atoms. The van der Waals surface area contributed by atoms with Crippen LogP contribution in [0.1, 0.15) is 30.3 Å². The SMILES string of the molecule is CC(O)CCCNC(=O)c1ccccn1. The van der Waals surface area contributed by atoms with E-state index in [2.05, 4.69) is 10.3 Å². The number of hydrogen-bond donors (Lipinski definition) is 2. The zero-order chi connectivity index (χ0) is 11.1. The summed E-state index contributed by atoms with van der Waals surface area (Å²) >= 11 is 0. The monoisotopic (exact) mass is 208 g/mol. The summed E-state index contributed by atoms with van der Waals surface area (Å²) in [6.07, 6.45) is 2.75. The summed E-state index contributed by atoms with van der Waals surface area (Å²) in [4.78, 5) is 15.4. The first-order valence-electron chi connectivity index (χ1n) is 5.07. The van der Waals surface area contributed by atoms with E-state index >= 15 is 0 Å². The van der Waals surface area contributed by atoms with E-state index in [1.54, 1.807) is 31.3 Å². The Labute approximate surface area is 89.3 Å². The molecule has 4 nitrogen and oxygen atoms in total. The fourth-order valence-corrected chi connectivity index (χ4v) is 1.19. The molecule has 82 valence electrons. The van der Waals surface area contributed by atoms with Gasteiger partial charge in [-0.2, -0.15) is 0 Å². The van der Waals surface area contributed by atoms with Crippen LogP contribution in [0.25, 0.3) is 0 Å². The van der Waals surface area contributed by atoms with Crippen molar-refractivity contribution in [3.63, 3.8) is 0 Å². The molecule has 1 amide bonds. The molecule has 2 N–H and O–H groups in total. The highest BCUT2D eigenvalue weighted by molar-refractivity contribution is 5.92. The third-order valence-electron chi connectivity index (χ3n) is 1.98. The summed E-state index contributed by atoms with van der Waals surface area (Å²) in [6, 6.07) is 5.21. The van der Waals surface area contributed by atoms with E-state index in [1.807, 2.05) is 0 Å². The van der Waals surface area contributed by atoms with E-state index in [0.29, 0.717) is 18.7 Å². The molecule has 0 spiro atoms. The number of aromatic nitrogens is 1. The second-order valence-corrected chi connectivity index (χ2v) is 3.46. The van der Waals surface area contributed by atoms with Crippen molar-refractivity contribution >= 4 is 5.91 Å². The Balaban J connectivity index is 2.25. The quantitative estimate of drug-likeness (QED) is 0.709. The van der Waals surface area contributed by atoms with Crippen LogP contribution in [0.15, 0.2) is 24.4 Å². The van der Waals surface area contributed by atoms with E-state index < -0.39 is 0 Å². The van der Waals surface area contributed by atoms with Crippen LogP contribution < -0.4 is 5.32 Å². The highest BCUT2D eigenvalue weighted by atomic mass is 16.3. The minimum atomic E-state index is -0.309. The van der Waals surface area contributed by atoms with Crippen molar-refractivity contribution in [2.45, 2.75) is 25.9 Å². The molecular formula is C11H16N2O2. The highest BCUT2D eigenvalue weighted by Crippen LogP contribution is 1.96. The van der Waals surface area contributed by atoms with Gasteiger partial charge in [-0.1, -0.05) is 6.07 Å². The van der Waals surface area contributed by atoms with Crippen LogP contribution in [-0.2, 0) is 0 Å². The van der Waals surface area contributed by atoms with Crippen molar-refractivity contribution < 1.29 is 9.90 Å². The summed E-state index contributed by atoms with van der Waals surface area (Å²) in [5, 5.41) is 11.8. The maximum Gasteiger partial charge on any atom is 0.269 e.